The number of methoxy groups -OCH3 is 5. The van der Waals surface area contributed by atoms with Crippen LogP contribution in [0.25, 0.3) is 0 Å². The van der Waals surface area contributed by atoms with E-state index < -0.39 is 30.1 Å². The summed E-state index contributed by atoms with van der Waals surface area (Å²) in [5, 5.41) is 9.91. The molecule has 1 heterocycles. The first-order valence-corrected chi connectivity index (χ1v) is 8.72. The Labute approximate surface area is 168 Å². The molecule has 0 aliphatic carbocycles. The maximum Gasteiger partial charge on any atom is 0.336 e. The van der Waals surface area contributed by atoms with Crippen LogP contribution < -0.4 is 9.47 Å². The lowest BCUT2D eigenvalue weighted by molar-refractivity contribution is -0.140. The van der Waals surface area contributed by atoms with E-state index >= 15 is 0 Å². The Hall–Kier alpha value is -2.91. The largest absolute Gasteiger partial charge is 0.493 e. The zero-order valence-corrected chi connectivity index (χ0v) is 17.2. The van der Waals surface area contributed by atoms with Crippen molar-refractivity contribution in [2.75, 3.05) is 35.5 Å². The molecule has 0 saturated carbocycles. The summed E-state index contributed by atoms with van der Waals surface area (Å²) in [4.78, 5) is 29.2. The lowest BCUT2D eigenvalue weighted by Crippen LogP contribution is -2.37. The Morgan fingerprint density at radius 2 is 1.66 bits per heavy atom. The van der Waals surface area contributed by atoms with Crippen molar-refractivity contribution in [3.8, 4) is 11.5 Å². The lowest BCUT2D eigenvalue weighted by atomic mass is 9.75. The standard InChI is InChI=1S/C20H25NO8/c1-10-14(18(22)23)15(11-7-8-12(25-2)13(9-11)26-3)16(19(24)27-4)17(21-10)20(28-5)29-6/h7-9,14-15,20H,1-6H3,(H,22,23). The monoisotopic (exact) mass is 407 g/mol. The Morgan fingerprint density at radius 3 is 2.14 bits per heavy atom. The fourth-order valence-electron chi connectivity index (χ4n) is 3.45. The van der Waals surface area contributed by atoms with Gasteiger partial charge in [0.2, 0.25) is 6.29 Å². The molecule has 0 radical (unpaired) electrons. The highest BCUT2D eigenvalue weighted by Crippen LogP contribution is 2.43. The molecular weight excluding hydrogens is 382 g/mol. The van der Waals surface area contributed by atoms with E-state index in [0.29, 0.717) is 22.8 Å². The smallest absolute Gasteiger partial charge is 0.336 e. The second-order valence-electron chi connectivity index (χ2n) is 6.26. The van der Waals surface area contributed by atoms with Crippen LogP contribution in [0.2, 0.25) is 0 Å². The predicted octanol–water partition coefficient (Wildman–Crippen LogP) is 2.01. The van der Waals surface area contributed by atoms with Crippen molar-refractivity contribution in [1.29, 1.82) is 0 Å². The van der Waals surface area contributed by atoms with E-state index in [1.807, 2.05) is 0 Å². The molecule has 158 valence electrons. The van der Waals surface area contributed by atoms with E-state index in [4.69, 9.17) is 23.7 Å². The quantitative estimate of drug-likeness (QED) is 0.514. The van der Waals surface area contributed by atoms with Crippen molar-refractivity contribution in [2.45, 2.75) is 19.1 Å². The van der Waals surface area contributed by atoms with Crippen LogP contribution in [-0.2, 0) is 23.8 Å². The number of aliphatic imine (C=N–C) groups is 1. The van der Waals surface area contributed by atoms with Crippen LogP contribution in [0.15, 0.2) is 34.5 Å². The number of rotatable bonds is 8. The van der Waals surface area contributed by atoms with Gasteiger partial charge in [-0.05, 0) is 24.6 Å². The lowest BCUT2D eigenvalue weighted by Gasteiger charge is -2.32. The summed E-state index contributed by atoms with van der Waals surface area (Å²) in [6.45, 7) is 1.59. The maximum absolute atomic E-state index is 12.7. The molecule has 1 N–H and O–H groups in total. The number of hydrogen-bond acceptors (Lipinski definition) is 8. The van der Waals surface area contributed by atoms with Gasteiger partial charge in [0.05, 0.1) is 26.9 Å². The molecule has 1 aliphatic heterocycles. The average molecular weight is 407 g/mol. The molecule has 0 spiro atoms. The van der Waals surface area contributed by atoms with Gasteiger partial charge in [-0.3, -0.25) is 9.79 Å². The van der Waals surface area contributed by atoms with Crippen LogP contribution in [0, 0.1) is 5.92 Å². The summed E-state index contributed by atoms with van der Waals surface area (Å²) < 4.78 is 26.1. The molecular formula is C20H25NO8. The normalized spacial score (nSPS) is 19.1. The average Bonchev–Trinajstić information content (AvgIpc) is 2.72. The fourth-order valence-corrected chi connectivity index (χ4v) is 3.45. The van der Waals surface area contributed by atoms with Gasteiger partial charge in [0.25, 0.3) is 0 Å². The van der Waals surface area contributed by atoms with Crippen molar-refractivity contribution >= 4 is 17.7 Å². The Kier molecular flexibility index (Phi) is 7.35. The maximum atomic E-state index is 12.7. The predicted molar refractivity (Wildman–Crippen MR) is 103 cm³/mol. The summed E-state index contributed by atoms with van der Waals surface area (Å²) >= 11 is 0. The Balaban J connectivity index is 2.82. The van der Waals surface area contributed by atoms with Gasteiger partial charge >= 0.3 is 11.9 Å². The minimum absolute atomic E-state index is 0.0476. The summed E-state index contributed by atoms with van der Waals surface area (Å²) in [6, 6.07) is 4.95. The third-order valence-electron chi connectivity index (χ3n) is 4.76. The minimum atomic E-state index is -1.13. The highest BCUT2D eigenvalue weighted by molar-refractivity contribution is 6.06. The van der Waals surface area contributed by atoms with E-state index in [0.717, 1.165) is 0 Å². The van der Waals surface area contributed by atoms with Crippen molar-refractivity contribution in [2.24, 2.45) is 10.9 Å². The van der Waals surface area contributed by atoms with Crippen LogP contribution >= 0.6 is 0 Å². The summed E-state index contributed by atoms with van der Waals surface area (Å²) in [7, 11) is 6.98. The highest BCUT2D eigenvalue weighted by Gasteiger charge is 2.44. The van der Waals surface area contributed by atoms with Crippen LogP contribution in [0.3, 0.4) is 0 Å². The molecule has 1 aliphatic rings. The van der Waals surface area contributed by atoms with Gasteiger partial charge in [-0.25, -0.2) is 4.79 Å². The zero-order chi connectivity index (χ0) is 21.7. The minimum Gasteiger partial charge on any atom is -0.493 e. The topological polar surface area (TPSA) is 113 Å². The summed E-state index contributed by atoms with van der Waals surface area (Å²) in [5.74, 6) is -2.98. The van der Waals surface area contributed by atoms with E-state index in [1.54, 1.807) is 25.1 Å². The van der Waals surface area contributed by atoms with Crippen molar-refractivity contribution in [3.63, 3.8) is 0 Å². The highest BCUT2D eigenvalue weighted by atomic mass is 16.7. The number of aliphatic carboxylic acids is 1. The molecule has 0 amide bonds. The Morgan fingerprint density at radius 1 is 1.03 bits per heavy atom. The molecule has 1 aromatic carbocycles. The number of carboxylic acid groups (broad SMARTS) is 1. The van der Waals surface area contributed by atoms with Crippen LogP contribution in [0.5, 0.6) is 11.5 Å². The van der Waals surface area contributed by atoms with Crippen LogP contribution in [-0.4, -0.2) is 64.6 Å². The van der Waals surface area contributed by atoms with Gasteiger partial charge < -0.3 is 28.8 Å². The molecule has 1 aromatic rings. The van der Waals surface area contributed by atoms with Gasteiger partial charge in [-0.1, -0.05) is 6.07 Å². The number of hydrogen-bond donors (Lipinski definition) is 1. The molecule has 2 atom stereocenters. The van der Waals surface area contributed by atoms with E-state index in [-0.39, 0.29) is 11.3 Å². The van der Waals surface area contributed by atoms with Gasteiger partial charge in [-0.2, -0.15) is 0 Å². The SMILES string of the molecule is COC(=O)C1=C(C(OC)OC)N=C(C)C(C(=O)O)C1c1ccc(OC)c(OC)c1. The first-order valence-electron chi connectivity index (χ1n) is 8.72. The van der Waals surface area contributed by atoms with Gasteiger partial charge in [-0.15, -0.1) is 0 Å². The van der Waals surface area contributed by atoms with Gasteiger partial charge in [0, 0.05) is 25.8 Å². The van der Waals surface area contributed by atoms with Crippen molar-refractivity contribution in [1.82, 2.24) is 0 Å². The summed E-state index contributed by atoms with van der Waals surface area (Å²) in [5.41, 5.74) is 1.04. The van der Waals surface area contributed by atoms with Crippen molar-refractivity contribution in [3.05, 3.63) is 35.0 Å². The van der Waals surface area contributed by atoms with Crippen molar-refractivity contribution < 1.29 is 38.4 Å². The second kappa shape index (κ2) is 9.53. The molecule has 0 aromatic heterocycles. The molecule has 0 fully saturated rings. The van der Waals surface area contributed by atoms with Gasteiger partial charge in [0.15, 0.2) is 11.5 Å². The summed E-state index contributed by atoms with van der Waals surface area (Å²) in [6.07, 6.45) is -0.976. The molecule has 29 heavy (non-hydrogen) atoms. The third-order valence-corrected chi connectivity index (χ3v) is 4.76. The Bertz CT molecular complexity index is 841. The zero-order valence-electron chi connectivity index (χ0n) is 17.2. The van der Waals surface area contributed by atoms with Crippen LogP contribution in [0.1, 0.15) is 18.4 Å². The molecule has 9 heteroatoms. The number of nitrogens with zero attached hydrogens (tertiary/aromatic N) is 1. The second-order valence-corrected chi connectivity index (χ2v) is 6.26. The van der Waals surface area contributed by atoms with E-state index in [9.17, 15) is 14.7 Å². The first-order chi connectivity index (χ1) is 13.8. The number of carbonyl (C=O) groups excluding carboxylic acids is 1. The number of ether oxygens (including phenoxy) is 5. The number of carboxylic acids is 1. The molecule has 2 rings (SSSR count). The van der Waals surface area contributed by atoms with Crippen LogP contribution in [0.4, 0.5) is 0 Å². The molecule has 0 bridgehead atoms. The number of benzene rings is 1. The van der Waals surface area contributed by atoms with E-state index in [2.05, 4.69) is 4.99 Å². The number of esters is 1. The number of carbonyl (C=O) groups is 2. The molecule has 9 nitrogen and oxygen atoms in total. The fraction of sp³-hybridized carbons (Fsp3) is 0.450. The third kappa shape index (κ3) is 4.25. The van der Waals surface area contributed by atoms with E-state index in [1.165, 1.54) is 35.5 Å². The molecule has 0 saturated heterocycles. The molecule has 2 unspecified atom stereocenters. The van der Waals surface area contributed by atoms with Gasteiger partial charge in [0.1, 0.15) is 11.6 Å². The first kappa shape index (κ1) is 22.4.